The monoisotopic (exact) mass is 999 g/mol. The molecule has 1 unspecified atom stereocenters. The molecule has 0 amide bonds. The van der Waals surface area contributed by atoms with E-state index in [4.69, 9.17) is 14.2 Å². The van der Waals surface area contributed by atoms with Gasteiger partial charge in [-0.3, -0.25) is 14.4 Å². The molecule has 0 saturated heterocycles. The Morgan fingerprint density at radius 1 is 0.282 bits per heavy atom. The Labute approximate surface area is 443 Å². The number of carbonyl (C=O) groups excluding carboxylic acids is 3. The van der Waals surface area contributed by atoms with Gasteiger partial charge in [-0.1, -0.05) is 315 Å². The fourth-order valence-electron chi connectivity index (χ4n) is 9.67. The maximum Gasteiger partial charge on any atom is 0.306 e. The normalized spacial score (nSPS) is 12.1. The van der Waals surface area contributed by atoms with Crippen molar-refractivity contribution in [2.45, 2.75) is 361 Å². The summed E-state index contributed by atoms with van der Waals surface area (Å²) in [4.78, 5) is 38.3. The van der Waals surface area contributed by atoms with E-state index in [0.29, 0.717) is 19.3 Å². The summed E-state index contributed by atoms with van der Waals surface area (Å²) >= 11 is 0. The van der Waals surface area contributed by atoms with Crippen LogP contribution in [0.25, 0.3) is 0 Å². The first-order valence-corrected chi connectivity index (χ1v) is 31.9. The molecule has 1 atom stereocenters. The third-order valence-corrected chi connectivity index (χ3v) is 14.5. The van der Waals surface area contributed by atoms with Gasteiger partial charge < -0.3 is 14.2 Å². The van der Waals surface area contributed by atoms with Crippen molar-refractivity contribution in [2.75, 3.05) is 13.2 Å². The molecule has 0 heterocycles. The summed E-state index contributed by atoms with van der Waals surface area (Å²) in [5.41, 5.74) is 0. The molecule has 0 saturated carbocycles. The average molecular weight is 1000 g/mol. The van der Waals surface area contributed by atoms with Crippen molar-refractivity contribution in [1.82, 2.24) is 0 Å². The third-order valence-electron chi connectivity index (χ3n) is 14.5. The topological polar surface area (TPSA) is 78.9 Å². The van der Waals surface area contributed by atoms with Gasteiger partial charge in [0.25, 0.3) is 0 Å². The Morgan fingerprint density at radius 3 is 0.746 bits per heavy atom. The highest BCUT2D eigenvalue weighted by Crippen LogP contribution is 2.18. The lowest BCUT2D eigenvalue weighted by Crippen LogP contribution is -2.30. The Kier molecular flexibility index (Phi) is 58.6. The maximum absolute atomic E-state index is 12.9. The molecule has 0 N–H and O–H groups in total. The van der Waals surface area contributed by atoms with Gasteiger partial charge in [-0.15, -0.1) is 0 Å². The summed E-state index contributed by atoms with van der Waals surface area (Å²) in [5.74, 6) is -0.857. The average Bonchev–Trinajstić information content (AvgIpc) is 3.37. The first-order chi connectivity index (χ1) is 35.0. The second kappa shape index (κ2) is 60.4. The minimum absolute atomic E-state index is 0.0701. The van der Waals surface area contributed by atoms with E-state index in [1.54, 1.807) is 0 Å². The first-order valence-electron chi connectivity index (χ1n) is 31.9. The molecule has 0 aliphatic heterocycles. The van der Waals surface area contributed by atoms with Gasteiger partial charge in [0, 0.05) is 19.3 Å². The molecule has 0 fully saturated rings. The Balaban J connectivity index is 4.34. The molecular weight excluding hydrogens is 877 g/mol. The van der Waals surface area contributed by atoms with Crippen LogP contribution < -0.4 is 0 Å². The highest BCUT2D eigenvalue weighted by molar-refractivity contribution is 5.71. The zero-order chi connectivity index (χ0) is 51.4. The molecule has 0 aromatic rings. The van der Waals surface area contributed by atoms with Crippen molar-refractivity contribution < 1.29 is 28.6 Å². The van der Waals surface area contributed by atoms with Crippen LogP contribution in [0.15, 0.2) is 24.3 Å². The SMILES string of the molecule is CCCCCCCCC/C=C\C=C/CCCCCCCC(=O)OCC(COC(=O)CCCCCCCCCCCCCCCCCCC)OC(=O)CCCCCCCCCCCCCCCCCCCC. The summed E-state index contributed by atoms with van der Waals surface area (Å²) in [7, 11) is 0. The molecule has 0 radical (unpaired) electrons. The molecule has 0 aliphatic carbocycles. The predicted molar refractivity (Wildman–Crippen MR) is 307 cm³/mol. The lowest BCUT2D eigenvalue weighted by molar-refractivity contribution is -0.167. The summed E-state index contributed by atoms with van der Waals surface area (Å²) in [6.45, 7) is 6.69. The number of allylic oxidation sites excluding steroid dienone is 4. The van der Waals surface area contributed by atoms with Crippen LogP contribution in [0.1, 0.15) is 355 Å². The summed E-state index contributed by atoms with van der Waals surface area (Å²) in [5, 5.41) is 0. The molecule has 0 bridgehead atoms. The highest BCUT2D eigenvalue weighted by Gasteiger charge is 2.19. The van der Waals surface area contributed by atoms with Gasteiger partial charge in [-0.25, -0.2) is 0 Å². The Bertz CT molecular complexity index is 1150. The van der Waals surface area contributed by atoms with Crippen LogP contribution in [0, 0.1) is 0 Å². The second-order valence-corrected chi connectivity index (χ2v) is 21.7. The van der Waals surface area contributed by atoms with Crippen molar-refractivity contribution in [3.8, 4) is 0 Å². The van der Waals surface area contributed by atoms with Crippen LogP contribution in [-0.4, -0.2) is 37.2 Å². The van der Waals surface area contributed by atoms with Crippen molar-refractivity contribution in [3.05, 3.63) is 24.3 Å². The fraction of sp³-hybridized carbons (Fsp3) is 0.892. The number of ether oxygens (including phenoxy) is 3. The number of hydrogen-bond donors (Lipinski definition) is 0. The van der Waals surface area contributed by atoms with Gasteiger partial charge in [0.2, 0.25) is 0 Å². The van der Waals surface area contributed by atoms with Crippen LogP contribution in [-0.2, 0) is 28.6 Å². The van der Waals surface area contributed by atoms with Crippen LogP contribution in [0.3, 0.4) is 0 Å². The molecule has 0 aromatic carbocycles. The summed E-state index contributed by atoms with van der Waals surface area (Å²) in [6.07, 6.45) is 71.8. The standard InChI is InChI=1S/C65H122O6/c1-4-7-10-13-16-19-22-25-28-31-34-37-40-43-46-49-52-55-58-64(67)70-61-62(60-69-63(66)57-54-51-48-45-42-39-36-33-30-27-24-21-18-15-12-9-6-3)71-65(68)59-56-53-50-47-44-41-38-35-32-29-26-23-20-17-14-11-8-5-2/h28,31,34,37,62H,4-27,29-30,32-33,35-36,38-61H2,1-3H3/b31-28-,37-34-. The zero-order valence-electron chi connectivity index (χ0n) is 48.0. The van der Waals surface area contributed by atoms with Crippen molar-refractivity contribution in [1.29, 1.82) is 0 Å². The summed E-state index contributed by atoms with van der Waals surface area (Å²) in [6, 6.07) is 0. The van der Waals surface area contributed by atoms with Gasteiger partial charge in [-0.05, 0) is 44.9 Å². The number of hydrogen-bond acceptors (Lipinski definition) is 6. The number of carbonyl (C=O) groups is 3. The van der Waals surface area contributed by atoms with E-state index in [-0.39, 0.29) is 31.1 Å². The minimum Gasteiger partial charge on any atom is -0.462 e. The molecular formula is C65H122O6. The highest BCUT2D eigenvalue weighted by atomic mass is 16.6. The van der Waals surface area contributed by atoms with E-state index >= 15 is 0 Å². The Morgan fingerprint density at radius 2 is 0.493 bits per heavy atom. The maximum atomic E-state index is 12.9. The molecule has 418 valence electrons. The van der Waals surface area contributed by atoms with E-state index in [0.717, 1.165) is 77.0 Å². The molecule has 0 spiro atoms. The smallest absolute Gasteiger partial charge is 0.306 e. The molecule has 0 aliphatic rings. The van der Waals surface area contributed by atoms with Crippen LogP contribution in [0.5, 0.6) is 0 Å². The zero-order valence-corrected chi connectivity index (χ0v) is 48.0. The van der Waals surface area contributed by atoms with Crippen molar-refractivity contribution in [3.63, 3.8) is 0 Å². The van der Waals surface area contributed by atoms with Gasteiger partial charge in [0.1, 0.15) is 13.2 Å². The van der Waals surface area contributed by atoms with Crippen LogP contribution in [0.2, 0.25) is 0 Å². The largest absolute Gasteiger partial charge is 0.462 e. The predicted octanol–water partition coefficient (Wildman–Crippen LogP) is 21.4. The van der Waals surface area contributed by atoms with E-state index < -0.39 is 6.10 Å². The second-order valence-electron chi connectivity index (χ2n) is 21.7. The van der Waals surface area contributed by atoms with Gasteiger partial charge in [0.15, 0.2) is 6.10 Å². The van der Waals surface area contributed by atoms with Gasteiger partial charge in [-0.2, -0.15) is 0 Å². The molecule has 71 heavy (non-hydrogen) atoms. The molecule has 6 nitrogen and oxygen atoms in total. The van der Waals surface area contributed by atoms with E-state index in [1.807, 2.05) is 0 Å². The molecule has 0 aromatic heterocycles. The first kappa shape index (κ1) is 68.9. The van der Waals surface area contributed by atoms with E-state index in [9.17, 15) is 14.4 Å². The van der Waals surface area contributed by atoms with Gasteiger partial charge >= 0.3 is 17.9 Å². The number of unbranched alkanes of at least 4 members (excludes halogenated alkanes) is 45. The van der Waals surface area contributed by atoms with Crippen molar-refractivity contribution >= 4 is 17.9 Å². The summed E-state index contributed by atoms with van der Waals surface area (Å²) < 4.78 is 16.9. The molecule has 0 rings (SSSR count). The van der Waals surface area contributed by atoms with Crippen molar-refractivity contribution in [2.24, 2.45) is 0 Å². The van der Waals surface area contributed by atoms with Crippen LogP contribution in [0.4, 0.5) is 0 Å². The van der Waals surface area contributed by atoms with E-state index in [2.05, 4.69) is 45.1 Å². The third kappa shape index (κ3) is 58.7. The number of rotatable bonds is 59. The van der Waals surface area contributed by atoms with E-state index in [1.165, 1.54) is 238 Å². The number of esters is 3. The minimum atomic E-state index is -0.773. The Hall–Kier alpha value is -2.11. The lowest BCUT2D eigenvalue weighted by Gasteiger charge is -2.18. The fourth-order valence-corrected chi connectivity index (χ4v) is 9.67. The lowest BCUT2D eigenvalue weighted by atomic mass is 10.0. The van der Waals surface area contributed by atoms with Gasteiger partial charge in [0.05, 0.1) is 0 Å². The quantitative estimate of drug-likeness (QED) is 0.0261. The van der Waals surface area contributed by atoms with Crippen LogP contribution >= 0.6 is 0 Å². The molecule has 6 heteroatoms.